The number of carbonyl (C=O) groups is 2. The van der Waals surface area contributed by atoms with E-state index in [1.165, 1.54) is 0 Å². The summed E-state index contributed by atoms with van der Waals surface area (Å²) in [7, 11) is 0. The maximum atomic E-state index is 12.2. The van der Waals surface area contributed by atoms with Crippen LogP contribution in [0.5, 0.6) is 17.2 Å². The molecule has 0 saturated carbocycles. The summed E-state index contributed by atoms with van der Waals surface area (Å²) >= 11 is 0. The molecule has 1 aliphatic rings. The van der Waals surface area contributed by atoms with Crippen LogP contribution in [0.25, 0.3) is 0 Å². The fourth-order valence-corrected chi connectivity index (χ4v) is 2.71. The van der Waals surface area contributed by atoms with Crippen LogP contribution in [0.1, 0.15) is 25.3 Å². The lowest BCUT2D eigenvalue weighted by Crippen LogP contribution is -2.44. The average Bonchev–Trinajstić information content (AvgIpc) is 3.18. The van der Waals surface area contributed by atoms with Crippen LogP contribution >= 0.6 is 0 Å². The Bertz CT molecular complexity index is 810. The summed E-state index contributed by atoms with van der Waals surface area (Å²) < 4.78 is 16.1. The monoisotopic (exact) mass is 384 g/mol. The molecular formula is C21H24N2O5. The van der Waals surface area contributed by atoms with Gasteiger partial charge in [0.1, 0.15) is 11.8 Å². The number of hydrogen-bond acceptors (Lipinski definition) is 5. The maximum Gasteiger partial charge on any atom is 0.242 e. The van der Waals surface area contributed by atoms with Crippen LogP contribution in [0.3, 0.4) is 0 Å². The third-order valence-electron chi connectivity index (χ3n) is 4.23. The van der Waals surface area contributed by atoms with Gasteiger partial charge in [-0.15, -0.1) is 0 Å². The van der Waals surface area contributed by atoms with E-state index in [0.717, 1.165) is 11.3 Å². The topological polar surface area (TPSA) is 85.9 Å². The van der Waals surface area contributed by atoms with Crippen molar-refractivity contribution in [2.45, 2.75) is 32.4 Å². The zero-order chi connectivity index (χ0) is 19.8. The maximum absolute atomic E-state index is 12.2. The van der Waals surface area contributed by atoms with Crippen molar-refractivity contribution in [3.63, 3.8) is 0 Å². The summed E-state index contributed by atoms with van der Waals surface area (Å²) in [4.78, 5) is 24.2. The number of fused-ring (bicyclic) bond motifs is 1. The van der Waals surface area contributed by atoms with Gasteiger partial charge in [-0.3, -0.25) is 9.59 Å². The van der Waals surface area contributed by atoms with Crippen LogP contribution in [-0.4, -0.2) is 31.3 Å². The van der Waals surface area contributed by atoms with Crippen molar-refractivity contribution in [1.29, 1.82) is 0 Å². The van der Waals surface area contributed by atoms with Crippen molar-refractivity contribution in [2.24, 2.45) is 0 Å². The van der Waals surface area contributed by atoms with Crippen molar-refractivity contribution in [1.82, 2.24) is 10.6 Å². The van der Waals surface area contributed by atoms with Gasteiger partial charge >= 0.3 is 0 Å². The van der Waals surface area contributed by atoms with Crippen molar-refractivity contribution >= 4 is 11.8 Å². The number of amides is 2. The second kappa shape index (κ2) is 9.64. The zero-order valence-electron chi connectivity index (χ0n) is 15.8. The Kier molecular flexibility index (Phi) is 6.73. The van der Waals surface area contributed by atoms with E-state index in [9.17, 15) is 9.59 Å². The molecule has 0 unspecified atom stereocenters. The minimum Gasteiger partial charge on any atom is -0.494 e. The molecule has 2 aromatic rings. The quantitative estimate of drug-likeness (QED) is 0.649. The molecule has 0 aliphatic carbocycles. The molecule has 0 bridgehead atoms. The second-order valence-electron chi connectivity index (χ2n) is 6.46. The van der Waals surface area contributed by atoms with E-state index in [-0.39, 0.29) is 18.6 Å². The molecule has 1 heterocycles. The van der Waals surface area contributed by atoms with E-state index in [4.69, 9.17) is 14.2 Å². The molecule has 0 radical (unpaired) electrons. The third kappa shape index (κ3) is 5.64. The van der Waals surface area contributed by atoms with Crippen LogP contribution in [0, 0.1) is 0 Å². The molecular weight excluding hydrogens is 360 g/mol. The van der Waals surface area contributed by atoms with E-state index in [0.29, 0.717) is 37.5 Å². The van der Waals surface area contributed by atoms with Gasteiger partial charge < -0.3 is 24.8 Å². The largest absolute Gasteiger partial charge is 0.494 e. The Balaban J connectivity index is 1.33. The first-order chi connectivity index (χ1) is 13.6. The van der Waals surface area contributed by atoms with Gasteiger partial charge in [-0.1, -0.05) is 24.3 Å². The molecule has 1 atom stereocenters. The lowest BCUT2D eigenvalue weighted by atomic mass is 10.2. The number of benzene rings is 2. The number of carbonyl (C=O) groups excluding carboxylic acids is 2. The van der Waals surface area contributed by atoms with Crippen LogP contribution in [0.15, 0.2) is 48.5 Å². The van der Waals surface area contributed by atoms with Gasteiger partial charge in [-0.2, -0.15) is 0 Å². The molecule has 0 spiro atoms. The lowest BCUT2D eigenvalue weighted by molar-refractivity contribution is -0.128. The minimum absolute atomic E-state index is 0.178. The Morgan fingerprint density at radius 1 is 1.11 bits per heavy atom. The van der Waals surface area contributed by atoms with Gasteiger partial charge in [0, 0.05) is 13.0 Å². The van der Waals surface area contributed by atoms with E-state index in [1.807, 2.05) is 48.5 Å². The first kappa shape index (κ1) is 19.5. The van der Waals surface area contributed by atoms with Gasteiger partial charge in [0.2, 0.25) is 18.6 Å². The summed E-state index contributed by atoms with van der Waals surface area (Å²) in [6.07, 6.45) is 0.874. The second-order valence-corrected chi connectivity index (χ2v) is 6.46. The predicted octanol–water partition coefficient (Wildman–Crippen LogP) is 2.40. The Hall–Kier alpha value is -3.22. The molecule has 7 nitrogen and oxygen atoms in total. The molecule has 2 amide bonds. The number of nitrogens with one attached hydrogen (secondary N) is 2. The minimum atomic E-state index is -0.614. The highest BCUT2D eigenvalue weighted by Gasteiger charge is 2.16. The van der Waals surface area contributed by atoms with Gasteiger partial charge in [0.05, 0.1) is 6.61 Å². The predicted molar refractivity (Wildman–Crippen MR) is 103 cm³/mol. The standard InChI is InChI=1S/C21H24N2O5/c1-15(23-20(24)8-5-11-26-17-6-3-2-4-7-17)21(25)22-13-16-9-10-18-19(12-16)28-14-27-18/h2-4,6-7,9-10,12,15H,5,8,11,13-14H2,1H3,(H,22,25)(H,23,24)/t15-/m1/s1. The summed E-state index contributed by atoms with van der Waals surface area (Å²) in [5.41, 5.74) is 0.897. The number of para-hydroxylation sites is 1. The summed E-state index contributed by atoms with van der Waals surface area (Å²) in [5.74, 6) is 1.73. The van der Waals surface area contributed by atoms with Crippen molar-refractivity contribution in [3.8, 4) is 17.2 Å². The highest BCUT2D eigenvalue weighted by atomic mass is 16.7. The van der Waals surface area contributed by atoms with E-state index in [2.05, 4.69) is 10.6 Å². The molecule has 0 fully saturated rings. The van der Waals surface area contributed by atoms with Gasteiger partial charge in [-0.05, 0) is 43.2 Å². The van der Waals surface area contributed by atoms with Crippen molar-refractivity contribution in [3.05, 3.63) is 54.1 Å². The van der Waals surface area contributed by atoms with Crippen molar-refractivity contribution in [2.75, 3.05) is 13.4 Å². The van der Waals surface area contributed by atoms with Gasteiger partial charge in [0.25, 0.3) is 0 Å². The van der Waals surface area contributed by atoms with Crippen LogP contribution < -0.4 is 24.8 Å². The van der Waals surface area contributed by atoms with Crippen molar-refractivity contribution < 1.29 is 23.8 Å². The molecule has 1 aliphatic heterocycles. The smallest absolute Gasteiger partial charge is 0.242 e. The summed E-state index contributed by atoms with van der Waals surface area (Å²) in [5, 5.41) is 5.51. The summed E-state index contributed by atoms with van der Waals surface area (Å²) in [6, 6.07) is 14.3. The molecule has 3 rings (SSSR count). The normalized spacial score (nSPS) is 12.9. The first-order valence-electron chi connectivity index (χ1n) is 9.25. The fourth-order valence-electron chi connectivity index (χ4n) is 2.71. The third-order valence-corrected chi connectivity index (χ3v) is 4.23. The van der Waals surface area contributed by atoms with E-state index < -0.39 is 6.04 Å². The molecule has 7 heteroatoms. The van der Waals surface area contributed by atoms with Crippen LogP contribution in [0.4, 0.5) is 0 Å². The van der Waals surface area contributed by atoms with Crippen LogP contribution in [0.2, 0.25) is 0 Å². The first-order valence-corrected chi connectivity index (χ1v) is 9.25. The SMILES string of the molecule is C[C@@H](NC(=O)CCCOc1ccccc1)C(=O)NCc1ccc2c(c1)OCO2. The number of ether oxygens (including phenoxy) is 3. The zero-order valence-corrected chi connectivity index (χ0v) is 15.8. The molecule has 0 aromatic heterocycles. The lowest BCUT2D eigenvalue weighted by Gasteiger charge is -2.14. The van der Waals surface area contributed by atoms with Gasteiger partial charge in [-0.25, -0.2) is 0 Å². The Labute approximate surface area is 164 Å². The van der Waals surface area contributed by atoms with Gasteiger partial charge in [0.15, 0.2) is 11.5 Å². The van der Waals surface area contributed by atoms with E-state index >= 15 is 0 Å². The highest BCUT2D eigenvalue weighted by Crippen LogP contribution is 2.32. The average molecular weight is 384 g/mol. The molecule has 0 saturated heterocycles. The van der Waals surface area contributed by atoms with Crippen LogP contribution in [-0.2, 0) is 16.1 Å². The molecule has 28 heavy (non-hydrogen) atoms. The summed E-state index contributed by atoms with van der Waals surface area (Å²) in [6.45, 7) is 2.67. The number of rotatable bonds is 9. The number of hydrogen-bond donors (Lipinski definition) is 2. The Morgan fingerprint density at radius 3 is 2.71 bits per heavy atom. The fraction of sp³-hybridized carbons (Fsp3) is 0.333. The Morgan fingerprint density at radius 2 is 1.89 bits per heavy atom. The van der Waals surface area contributed by atoms with E-state index in [1.54, 1.807) is 6.92 Å². The highest BCUT2D eigenvalue weighted by molar-refractivity contribution is 5.87. The molecule has 148 valence electrons. The molecule has 2 aromatic carbocycles. The molecule has 2 N–H and O–H groups in total.